The third-order valence-corrected chi connectivity index (χ3v) is 9.17. The van der Waals surface area contributed by atoms with E-state index in [1.807, 2.05) is 78.9 Å². The van der Waals surface area contributed by atoms with Crippen molar-refractivity contribution in [3.8, 4) is 0 Å². The van der Waals surface area contributed by atoms with Gasteiger partial charge in [0.05, 0.1) is 0 Å². The fourth-order valence-corrected chi connectivity index (χ4v) is 7.77. The molecular weight excluding hydrogens is 458 g/mol. The van der Waals surface area contributed by atoms with E-state index in [4.69, 9.17) is 51.1 Å². The van der Waals surface area contributed by atoms with E-state index < -0.39 is 19.9 Å². The summed E-state index contributed by atoms with van der Waals surface area (Å²) in [5.41, 5.74) is 1.24. The molecule has 6 rings (SSSR count). The third-order valence-electron chi connectivity index (χ3n) is 7.11. The van der Waals surface area contributed by atoms with Crippen molar-refractivity contribution in [1.82, 2.24) is 0 Å². The second-order valence-electron chi connectivity index (χ2n) is 8.44. The summed E-state index contributed by atoms with van der Waals surface area (Å²) < 4.78 is 4.76. The Balaban J connectivity index is 1.61. The Kier molecular flexibility index (Phi) is 4.01. The van der Waals surface area contributed by atoms with Gasteiger partial charge in [-0.2, -0.15) is 0 Å². The zero-order chi connectivity index (χ0) is 20.8. The molecule has 4 atom stereocenters. The summed E-state index contributed by atoms with van der Waals surface area (Å²) >= 11 is 28.1. The first-order chi connectivity index (χ1) is 14.4. The van der Waals surface area contributed by atoms with E-state index in [0.29, 0.717) is 0 Å². The lowest BCUT2D eigenvalue weighted by Gasteiger charge is -2.34. The van der Waals surface area contributed by atoms with E-state index in [0.717, 1.165) is 16.7 Å². The second kappa shape index (κ2) is 6.18. The average molecular weight is 476 g/mol. The molecule has 3 fully saturated rings. The second-order valence-corrected chi connectivity index (χ2v) is 11.2. The van der Waals surface area contributed by atoms with Crippen LogP contribution in [0.4, 0.5) is 0 Å². The minimum atomic E-state index is -1.09. The lowest BCUT2D eigenvalue weighted by atomic mass is 9.82. The first kappa shape index (κ1) is 19.5. The van der Waals surface area contributed by atoms with Gasteiger partial charge in [-0.05, 0) is 16.7 Å². The van der Waals surface area contributed by atoms with Gasteiger partial charge in [-0.3, -0.25) is 0 Å². The standard InChI is InChI=1S/C25H18Cl4O/c26-24(27)20-19(16-10-4-1-5-11-16)21-23(25(21,28)29,18-14-8-3-9-15-18)30-22(20,24)17-12-6-2-7-13-17/h1-15,19-21H/t20-,21-,22-,23-/m1/s1. The molecule has 1 nitrogen and oxygen atoms in total. The van der Waals surface area contributed by atoms with Crippen molar-refractivity contribution in [2.45, 2.75) is 25.8 Å². The minimum absolute atomic E-state index is 0.0506. The predicted molar refractivity (Wildman–Crippen MR) is 122 cm³/mol. The summed E-state index contributed by atoms with van der Waals surface area (Å²) in [4.78, 5) is 0. The van der Waals surface area contributed by atoms with Gasteiger partial charge < -0.3 is 4.74 Å². The first-order valence-corrected chi connectivity index (χ1v) is 11.5. The number of alkyl halides is 4. The number of rotatable bonds is 3. The van der Waals surface area contributed by atoms with Crippen LogP contribution in [0, 0.1) is 11.8 Å². The van der Waals surface area contributed by atoms with Crippen molar-refractivity contribution in [3.63, 3.8) is 0 Å². The molecule has 0 aromatic heterocycles. The van der Waals surface area contributed by atoms with Crippen LogP contribution in [-0.2, 0) is 15.9 Å². The van der Waals surface area contributed by atoms with Gasteiger partial charge in [0.25, 0.3) is 0 Å². The van der Waals surface area contributed by atoms with Crippen LogP contribution in [-0.4, -0.2) is 8.67 Å². The SMILES string of the molecule is ClC1(Cl)[C@@H]2C(c3ccccc3)[C@H]3C(Cl)(Cl)[C@]3(c3ccccc3)O[C@]21c1ccccc1. The molecule has 1 saturated heterocycles. The largest absolute Gasteiger partial charge is 0.352 e. The van der Waals surface area contributed by atoms with Gasteiger partial charge in [0, 0.05) is 17.8 Å². The molecular formula is C25H18Cl4O. The van der Waals surface area contributed by atoms with Gasteiger partial charge in [-0.15, -0.1) is 0 Å². The van der Waals surface area contributed by atoms with Crippen LogP contribution in [0.1, 0.15) is 22.6 Å². The normalized spacial score (nSPS) is 37.0. The molecule has 30 heavy (non-hydrogen) atoms. The molecule has 3 aromatic carbocycles. The summed E-state index contributed by atoms with van der Waals surface area (Å²) in [5.74, 6) is -0.385. The number of hydrogen-bond donors (Lipinski definition) is 0. The summed E-state index contributed by atoms with van der Waals surface area (Å²) in [5, 5.41) is 0. The van der Waals surface area contributed by atoms with Crippen LogP contribution >= 0.6 is 46.4 Å². The lowest BCUT2D eigenvalue weighted by Crippen LogP contribution is -2.35. The Hall–Kier alpha value is -1.22. The molecule has 1 heterocycles. The highest BCUT2D eigenvalue weighted by atomic mass is 35.5. The fourth-order valence-electron chi connectivity index (χ4n) is 5.77. The van der Waals surface area contributed by atoms with Crippen molar-refractivity contribution in [3.05, 3.63) is 108 Å². The quantitative estimate of drug-likeness (QED) is 0.364. The van der Waals surface area contributed by atoms with Gasteiger partial charge in [0.2, 0.25) is 0 Å². The van der Waals surface area contributed by atoms with Crippen molar-refractivity contribution in [1.29, 1.82) is 0 Å². The molecule has 3 aliphatic rings. The molecule has 2 aliphatic carbocycles. The van der Waals surface area contributed by atoms with Crippen LogP contribution in [0.3, 0.4) is 0 Å². The van der Waals surface area contributed by atoms with E-state index in [-0.39, 0.29) is 17.8 Å². The Labute approximate surface area is 195 Å². The van der Waals surface area contributed by atoms with Crippen molar-refractivity contribution in [2.24, 2.45) is 11.8 Å². The molecule has 0 amide bonds. The highest BCUT2D eigenvalue weighted by Gasteiger charge is 2.95. The number of fused-ring (bicyclic) bond motifs is 2. The Morgan fingerprint density at radius 2 is 0.900 bits per heavy atom. The third kappa shape index (κ3) is 2.16. The van der Waals surface area contributed by atoms with Crippen LogP contribution in [0.15, 0.2) is 91.0 Å². The van der Waals surface area contributed by atoms with Crippen LogP contribution in [0.25, 0.3) is 0 Å². The van der Waals surface area contributed by atoms with E-state index in [1.54, 1.807) is 0 Å². The van der Waals surface area contributed by atoms with Gasteiger partial charge >= 0.3 is 0 Å². The maximum atomic E-state index is 7.03. The van der Waals surface area contributed by atoms with Gasteiger partial charge in [0.1, 0.15) is 11.2 Å². The van der Waals surface area contributed by atoms with Crippen LogP contribution in [0.5, 0.6) is 0 Å². The molecule has 0 unspecified atom stereocenters. The maximum Gasteiger partial charge on any atom is 0.158 e. The molecule has 152 valence electrons. The van der Waals surface area contributed by atoms with E-state index in [1.165, 1.54) is 0 Å². The summed E-state index contributed by atoms with van der Waals surface area (Å²) in [6.45, 7) is 0. The highest BCUT2D eigenvalue weighted by Crippen LogP contribution is 2.89. The lowest BCUT2D eigenvalue weighted by molar-refractivity contribution is -0.100. The van der Waals surface area contributed by atoms with Gasteiger partial charge in [0.15, 0.2) is 8.67 Å². The molecule has 0 spiro atoms. The molecule has 1 aliphatic heterocycles. The molecule has 0 bridgehead atoms. The highest BCUT2D eigenvalue weighted by molar-refractivity contribution is 6.54. The Bertz CT molecular complexity index is 1030. The Morgan fingerprint density at radius 3 is 1.30 bits per heavy atom. The first-order valence-electron chi connectivity index (χ1n) is 10.0. The van der Waals surface area contributed by atoms with Crippen molar-refractivity contribution >= 4 is 46.4 Å². The maximum absolute atomic E-state index is 7.03. The van der Waals surface area contributed by atoms with Gasteiger partial charge in [-0.1, -0.05) is 137 Å². The molecule has 5 heteroatoms. The summed E-state index contributed by atoms with van der Waals surface area (Å²) in [6.07, 6.45) is 0. The summed E-state index contributed by atoms with van der Waals surface area (Å²) in [7, 11) is 0. The van der Waals surface area contributed by atoms with E-state index >= 15 is 0 Å². The molecule has 3 aromatic rings. The zero-order valence-electron chi connectivity index (χ0n) is 15.8. The van der Waals surface area contributed by atoms with E-state index in [9.17, 15) is 0 Å². The van der Waals surface area contributed by atoms with Crippen LogP contribution < -0.4 is 0 Å². The topological polar surface area (TPSA) is 9.23 Å². The molecule has 0 radical (unpaired) electrons. The zero-order valence-corrected chi connectivity index (χ0v) is 18.8. The van der Waals surface area contributed by atoms with E-state index in [2.05, 4.69) is 12.1 Å². The number of hydrogen-bond acceptors (Lipinski definition) is 1. The minimum Gasteiger partial charge on any atom is -0.352 e. The number of ether oxygens (including phenoxy) is 1. The number of halogens is 4. The Morgan fingerprint density at radius 1 is 0.533 bits per heavy atom. The van der Waals surface area contributed by atoms with Crippen LogP contribution in [0.2, 0.25) is 0 Å². The fraction of sp³-hybridized carbons (Fsp3) is 0.280. The average Bonchev–Trinajstić information content (AvgIpc) is 3.51. The monoisotopic (exact) mass is 474 g/mol. The van der Waals surface area contributed by atoms with Gasteiger partial charge in [-0.25, -0.2) is 0 Å². The smallest absolute Gasteiger partial charge is 0.158 e. The van der Waals surface area contributed by atoms with Crippen molar-refractivity contribution < 1.29 is 4.74 Å². The number of benzene rings is 3. The summed E-state index contributed by atoms with van der Waals surface area (Å²) in [6, 6.07) is 30.2. The predicted octanol–water partition coefficient (Wildman–Crippen LogP) is 7.20. The molecule has 2 saturated carbocycles. The van der Waals surface area contributed by atoms with Crippen molar-refractivity contribution in [2.75, 3.05) is 0 Å². The molecule has 0 N–H and O–H groups in total.